The van der Waals surface area contributed by atoms with Gasteiger partial charge in [0, 0.05) is 17.3 Å². The lowest BCUT2D eigenvalue weighted by Gasteiger charge is -2.14. The molecule has 0 spiro atoms. The number of ketones is 1. The van der Waals surface area contributed by atoms with Gasteiger partial charge in [0.05, 0.1) is 13.2 Å². The molecular formula is C14H21NO3. The van der Waals surface area contributed by atoms with E-state index >= 15 is 0 Å². The molecule has 0 fully saturated rings. The Kier molecular flexibility index (Phi) is 5.49. The van der Waals surface area contributed by atoms with Gasteiger partial charge in [0.25, 0.3) is 0 Å². The second-order valence-electron chi connectivity index (χ2n) is 4.14. The normalized spacial score (nSPS) is 10.2. The summed E-state index contributed by atoms with van der Waals surface area (Å²) in [5.74, 6) is 1.12. The molecule has 1 rings (SSSR count). The summed E-state index contributed by atoms with van der Waals surface area (Å²) in [7, 11) is 0. The molecule has 0 amide bonds. The Morgan fingerprint density at radius 3 is 2.06 bits per heavy atom. The van der Waals surface area contributed by atoms with Gasteiger partial charge in [-0.15, -0.1) is 0 Å². The van der Waals surface area contributed by atoms with Crippen LogP contribution >= 0.6 is 0 Å². The van der Waals surface area contributed by atoms with E-state index in [-0.39, 0.29) is 5.78 Å². The zero-order chi connectivity index (χ0) is 13.5. The predicted octanol–water partition coefficient (Wildman–Crippen LogP) is 3.05. The minimum absolute atomic E-state index is 0.0733. The highest BCUT2D eigenvalue weighted by atomic mass is 16.5. The highest BCUT2D eigenvalue weighted by Crippen LogP contribution is 2.33. The van der Waals surface area contributed by atoms with Crippen LogP contribution in [0.2, 0.25) is 0 Å². The molecule has 0 radical (unpaired) electrons. The molecule has 0 aliphatic carbocycles. The van der Waals surface area contributed by atoms with Gasteiger partial charge >= 0.3 is 0 Å². The number of benzene rings is 1. The smallest absolute Gasteiger partial charge is 0.163 e. The Bertz CT molecular complexity index is 416. The largest absolute Gasteiger partial charge is 0.490 e. The molecule has 0 aliphatic rings. The van der Waals surface area contributed by atoms with Gasteiger partial charge in [-0.3, -0.25) is 4.79 Å². The van der Waals surface area contributed by atoms with Crippen molar-refractivity contribution in [2.24, 2.45) is 0 Å². The summed E-state index contributed by atoms with van der Waals surface area (Å²) in [6, 6.07) is 3.33. The van der Waals surface area contributed by atoms with Crippen LogP contribution in [0.4, 0.5) is 5.69 Å². The Balaban J connectivity index is 3.06. The fraction of sp³-hybridized carbons (Fsp3) is 0.500. The van der Waals surface area contributed by atoms with Crippen molar-refractivity contribution in [2.75, 3.05) is 18.9 Å². The third kappa shape index (κ3) is 3.65. The second kappa shape index (κ2) is 6.89. The van der Waals surface area contributed by atoms with Crippen molar-refractivity contribution >= 4 is 11.5 Å². The maximum absolute atomic E-state index is 11.4. The monoisotopic (exact) mass is 251 g/mol. The minimum atomic E-state index is -0.0733. The third-order valence-electron chi connectivity index (χ3n) is 2.42. The number of nitrogen functional groups attached to an aromatic ring is 1. The van der Waals surface area contributed by atoms with E-state index in [1.165, 1.54) is 6.92 Å². The van der Waals surface area contributed by atoms with E-state index < -0.39 is 0 Å². The van der Waals surface area contributed by atoms with Crippen molar-refractivity contribution in [1.82, 2.24) is 0 Å². The maximum atomic E-state index is 11.4. The van der Waals surface area contributed by atoms with Crippen molar-refractivity contribution in [2.45, 2.75) is 33.6 Å². The summed E-state index contributed by atoms with van der Waals surface area (Å²) in [6.45, 7) is 6.72. The lowest BCUT2D eigenvalue weighted by Crippen LogP contribution is -2.06. The number of anilines is 1. The Labute approximate surface area is 108 Å². The molecule has 4 heteroatoms. The summed E-state index contributed by atoms with van der Waals surface area (Å²) in [5, 5.41) is 0. The Morgan fingerprint density at radius 1 is 1.11 bits per heavy atom. The topological polar surface area (TPSA) is 61.5 Å². The van der Waals surface area contributed by atoms with Crippen LogP contribution in [-0.4, -0.2) is 19.0 Å². The number of hydrogen-bond acceptors (Lipinski definition) is 4. The molecule has 4 nitrogen and oxygen atoms in total. The van der Waals surface area contributed by atoms with Crippen LogP contribution in [0.25, 0.3) is 0 Å². The first kappa shape index (κ1) is 14.4. The molecule has 0 unspecified atom stereocenters. The number of carbonyl (C=O) groups excluding carboxylic acids is 1. The van der Waals surface area contributed by atoms with Crippen LogP contribution in [0.15, 0.2) is 12.1 Å². The zero-order valence-electron chi connectivity index (χ0n) is 11.3. The molecule has 2 N–H and O–H groups in total. The minimum Gasteiger partial charge on any atom is -0.490 e. The number of hydrogen-bond donors (Lipinski definition) is 1. The summed E-state index contributed by atoms with van der Waals surface area (Å²) in [5.41, 5.74) is 6.74. The summed E-state index contributed by atoms with van der Waals surface area (Å²) in [4.78, 5) is 11.4. The average Bonchev–Trinajstić information content (AvgIpc) is 2.34. The number of rotatable bonds is 7. The molecule has 0 heterocycles. The highest BCUT2D eigenvalue weighted by Gasteiger charge is 2.13. The number of Topliss-reactive ketones (excluding diaryl/α,β-unsaturated/α-hetero) is 1. The van der Waals surface area contributed by atoms with E-state index in [2.05, 4.69) is 0 Å². The number of carbonyl (C=O) groups is 1. The van der Waals surface area contributed by atoms with E-state index in [4.69, 9.17) is 15.2 Å². The van der Waals surface area contributed by atoms with Crippen LogP contribution in [0.3, 0.4) is 0 Å². The average molecular weight is 251 g/mol. The number of nitrogens with two attached hydrogens (primary N) is 1. The van der Waals surface area contributed by atoms with E-state index in [0.717, 1.165) is 12.8 Å². The fourth-order valence-electron chi connectivity index (χ4n) is 1.53. The van der Waals surface area contributed by atoms with Gasteiger partial charge in [-0.05, 0) is 25.8 Å². The molecule has 0 bridgehead atoms. The van der Waals surface area contributed by atoms with Gasteiger partial charge in [-0.25, -0.2) is 0 Å². The van der Waals surface area contributed by atoms with Crippen molar-refractivity contribution in [3.05, 3.63) is 17.7 Å². The quantitative estimate of drug-likeness (QED) is 0.597. The lowest BCUT2D eigenvalue weighted by molar-refractivity contribution is 0.101. The van der Waals surface area contributed by atoms with Crippen molar-refractivity contribution in [1.29, 1.82) is 0 Å². The fourth-order valence-corrected chi connectivity index (χ4v) is 1.53. The van der Waals surface area contributed by atoms with Crippen molar-refractivity contribution < 1.29 is 14.3 Å². The van der Waals surface area contributed by atoms with E-state index in [0.29, 0.717) is 36.0 Å². The van der Waals surface area contributed by atoms with Gasteiger partial charge in [-0.1, -0.05) is 13.8 Å². The zero-order valence-corrected chi connectivity index (χ0v) is 11.3. The first-order chi connectivity index (χ1) is 8.60. The van der Waals surface area contributed by atoms with Gasteiger partial charge in [0.2, 0.25) is 0 Å². The van der Waals surface area contributed by atoms with E-state index in [9.17, 15) is 4.79 Å². The maximum Gasteiger partial charge on any atom is 0.163 e. The predicted molar refractivity (Wildman–Crippen MR) is 72.4 cm³/mol. The highest BCUT2D eigenvalue weighted by molar-refractivity contribution is 5.99. The molecular weight excluding hydrogens is 230 g/mol. The molecule has 0 aromatic heterocycles. The first-order valence-electron chi connectivity index (χ1n) is 6.30. The summed E-state index contributed by atoms with van der Waals surface area (Å²) >= 11 is 0. The van der Waals surface area contributed by atoms with Gasteiger partial charge < -0.3 is 15.2 Å². The lowest BCUT2D eigenvalue weighted by atomic mass is 10.1. The summed E-state index contributed by atoms with van der Waals surface area (Å²) in [6.07, 6.45) is 1.80. The second-order valence-corrected chi connectivity index (χ2v) is 4.14. The van der Waals surface area contributed by atoms with E-state index in [1.807, 2.05) is 13.8 Å². The van der Waals surface area contributed by atoms with Crippen LogP contribution < -0.4 is 15.2 Å². The molecule has 0 aliphatic heterocycles. The van der Waals surface area contributed by atoms with Crippen molar-refractivity contribution in [3.8, 4) is 11.5 Å². The SMILES string of the molecule is CCCOc1cc(N)c(C(C)=O)cc1OCCC. The standard InChI is InChI=1S/C14H21NO3/c1-4-6-17-13-8-11(10(3)16)12(15)9-14(13)18-7-5-2/h8-9H,4-7,15H2,1-3H3. The van der Waals surface area contributed by atoms with Crippen LogP contribution in [0.5, 0.6) is 11.5 Å². The molecule has 100 valence electrons. The van der Waals surface area contributed by atoms with Crippen LogP contribution in [0, 0.1) is 0 Å². The molecule has 1 aromatic carbocycles. The molecule has 1 aromatic rings. The third-order valence-corrected chi connectivity index (χ3v) is 2.42. The first-order valence-corrected chi connectivity index (χ1v) is 6.30. The molecule has 0 saturated carbocycles. The van der Waals surface area contributed by atoms with Gasteiger partial charge in [0.1, 0.15) is 0 Å². The Hall–Kier alpha value is -1.71. The van der Waals surface area contributed by atoms with Gasteiger partial charge in [0.15, 0.2) is 17.3 Å². The van der Waals surface area contributed by atoms with E-state index in [1.54, 1.807) is 12.1 Å². The number of ether oxygens (including phenoxy) is 2. The summed E-state index contributed by atoms with van der Waals surface area (Å²) < 4.78 is 11.2. The van der Waals surface area contributed by atoms with Gasteiger partial charge in [-0.2, -0.15) is 0 Å². The van der Waals surface area contributed by atoms with Crippen molar-refractivity contribution in [3.63, 3.8) is 0 Å². The van der Waals surface area contributed by atoms with Crippen LogP contribution in [-0.2, 0) is 0 Å². The molecule has 0 atom stereocenters. The molecule has 0 saturated heterocycles. The van der Waals surface area contributed by atoms with Crippen LogP contribution in [0.1, 0.15) is 44.0 Å². The molecule has 18 heavy (non-hydrogen) atoms. The Morgan fingerprint density at radius 2 is 1.61 bits per heavy atom.